The molecule has 19 heavy (non-hydrogen) atoms. The molecule has 1 aliphatic heterocycles. The fraction of sp³-hybridized carbons (Fsp3) is 0.714. The summed E-state index contributed by atoms with van der Waals surface area (Å²) >= 11 is 0. The molecule has 0 radical (unpaired) electrons. The lowest BCUT2D eigenvalue weighted by Gasteiger charge is -2.29. The van der Waals surface area contributed by atoms with Gasteiger partial charge in [-0.25, -0.2) is 0 Å². The van der Waals surface area contributed by atoms with Gasteiger partial charge in [0.1, 0.15) is 6.04 Å². The maximum Gasteiger partial charge on any atom is 0.241 e. The van der Waals surface area contributed by atoms with E-state index >= 15 is 0 Å². The van der Waals surface area contributed by atoms with Gasteiger partial charge in [-0.1, -0.05) is 18.8 Å². The first-order valence-electron chi connectivity index (χ1n) is 6.62. The maximum absolute atomic E-state index is 12.4. The Morgan fingerprint density at radius 3 is 2.37 bits per heavy atom. The second-order valence-corrected chi connectivity index (χ2v) is 5.22. The number of likely N-dealkylation sites (tertiary alicyclic amines) is 1. The third-order valence-electron chi connectivity index (χ3n) is 4.17. The van der Waals surface area contributed by atoms with E-state index in [0.717, 1.165) is 25.7 Å². The Morgan fingerprint density at radius 1 is 1.26 bits per heavy atom. The summed E-state index contributed by atoms with van der Waals surface area (Å²) in [6.45, 7) is 0. The topological polar surface area (TPSA) is 70.1 Å². The number of hydrogen-bond donors (Lipinski definition) is 1. The quantitative estimate of drug-likeness (QED) is 0.779. The second kappa shape index (κ2) is 6.80. The number of nitriles is 1. The van der Waals surface area contributed by atoms with E-state index in [2.05, 4.69) is 12.0 Å². The van der Waals surface area contributed by atoms with E-state index in [1.54, 1.807) is 4.90 Å². The van der Waals surface area contributed by atoms with Crippen molar-refractivity contribution in [3.8, 4) is 18.4 Å². The van der Waals surface area contributed by atoms with Gasteiger partial charge in [-0.3, -0.25) is 4.79 Å². The van der Waals surface area contributed by atoms with Gasteiger partial charge < -0.3 is 10.6 Å². The Balaban J connectivity index is 0.00000180. The van der Waals surface area contributed by atoms with Crippen molar-refractivity contribution in [1.82, 2.24) is 4.90 Å². The molecule has 1 heterocycles. The highest BCUT2D eigenvalue weighted by molar-refractivity contribution is 5.85. The molecule has 4 nitrogen and oxygen atoms in total. The summed E-state index contributed by atoms with van der Waals surface area (Å²) in [6.07, 6.45) is 11.1. The molecule has 104 valence electrons. The van der Waals surface area contributed by atoms with Crippen LogP contribution in [0, 0.1) is 29.6 Å². The number of carbonyl (C=O) groups is 1. The normalized spacial score (nSPS) is 28.3. The minimum absolute atomic E-state index is 0. The molecule has 0 aromatic rings. The highest BCUT2D eigenvalue weighted by Crippen LogP contribution is 2.30. The minimum atomic E-state index is -0.489. The van der Waals surface area contributed by atoms with E-state index in [9.17, 15) is 4.79 Å². The minimum Gasteiger partial charge on any atom is -0.320 e. The smallest absolute Gasteiger partial charge is 0.241 e. The molecule has 2 unspecified atom stereocenters. The lowest BCUT2D eigenvalue weighted by molar-refractivity contribution is -0.134. The van der Waals surface area contributed by atoms with Crippen LogP contribution < -0.4 is 5.73 Å². The van der Waals surface area contributed by atoms with Crippen molar-refractivity contribution in [3.05, 3.63) is 0 Å². The van der Waals surface area contributed by atoms with Crippen LogP contribution in [0.15, 0.2) is 0 Å². The van der Waals surface area contributed by atoms with Gasteiger partial charge in [0.25, 0.3) is 0 Å². The van der Waals surface area contributed by atoms with Gasteiger partial charge in [0, 0.05) is 0 Å². The van der Waals surface area contributed by atoms with Gasteiger partial charge in [-0.2, -0.15) is 5.26 Å². The molecule has 1 amide bonds. The van der Waals surface area contributed by atoms with Crippen LogP contribution in [-0.4, -0.2) is 28.9 Å². The van der Waals surface area contributed by atoms with Gasteiger partial charge in [-0.05, 0) is 31.6 Å². The van der Waals surface area contributed by atoms with Crippen molar-refractivity contribution in [2.45, 2.75) is 56.7 Å². The van der Waals surface area contributed by atoms with Crippen LogP contribution in [0.5, 0.6) is 0 Å². The lowest BCUT2D eigenvalue weighted by Crippen LogP contribution is -2.51. The predicted molar refractivity (Wildman–Crippen MR) is 75.3 cm³/mol. The van der Waals surface area contributed by atoms with Crippen molar-refractivity contribution < 1.29 is 4.79 Å². The number of nitrogens with two attached hydrogens (primary N) is 1. The number of nitrogens with zero attached hydrogens (tertiary/aromatic N) is 2. The molecule has 1 aliphatic carbocycles. The molecular formula is C14H20ClN3O. The number of terminal acetylenes is 1. The van der Waals surface area contributed by atoms with E-state index in [-0.39, 0.29) is 30.3 Å². The Hall–Kier alpha value is -1.23. The van der Waals surface area contributed by atoms with Gasteiger partial charge in [0.2, 0.25) is 5.91 Å². The molecule has 5 heteroatoms. The van der Waals surface area contributed by atoms with Gasteiger partial charge >= 0.3 is 0 Å². The van der Waals surface area contributed by atoms with E-state index in [0.29, 0.717) is 12.8 Å². The molecule has 1 saturated carbocycles. The first kappa shape index (κ1) is 15.8. The van der Waals surface area contributed by atoms with E-state index in [1.807, 2.05) is 0 Å². The number of amides is 1. The number of halogens is 1. The Kier molecular flexibility index (Phi) is 5.66. The fourth-order valence-electron chi connectivity index (χ4n) is 3.10. The molecule has 0 bridgehead atoms. The van der Waals surface area contributed by atoms with Crippen LogP contribution in [0.4, 0.5) is 0 Å². The average molecular weight is 282 g/mol. The van der Waals surface area contributed by atoms with Crippen molar-refractivity contribution in [2.75, 3.05) is 0 Å². The van der Waals surface area contributed by atoms with E-state index < -0.39 is 12.1 Å². The summed E-state index contributed by atoms with van der Waals surface area (Å²) < 4.78 is 0. The zero-order valence-electron chi connectivity index (χ0n) is 10.9. The third-order valence-corrected chi connectivity index (χ3v) is 4.17. The predicted octanol–water partition coefficient (Wildman–Crippen LogP) is 1.44. The summed E-state index contributed by atoms with van der Waals surface area (Å²) in [5.41, 5.74) is 6.07. The standard InChI is InChI=1S/C14H19N3O.ClH/c1-2-11-7-8-12(9-15)17(11)14(18)13(16)10-5-3-4-6-10;/h1,10-13H,3-8,16H2;1H/t11?,12?,13-;/m1./s1. The van der Waals surface area contributed by atoms with Crippen molar-refractivity contribution in [1.29, 1.82) is 5.26 Å². The molecule has 2 fully saturated rings. The summed E-state index contributed by atoms with van der Waals surface area (Å²) in [5, 5.41) is 9.09. The van der Waals surface area contributed by atoms with Gasteiger partial charge in [0.05, 0.1) is 18.2 Å². The number of carbonyl (C=O) groups excluding carboxylic acids is 1. The van der Waals surface area contributed by atoms with Crippen LogP contribution in [0.2, 0.25) is 0 Å². The van der Waals surface area contributed by atoms with Crippen LogP contribution >= 0.6 is 12.4 Å². The Bertz CT molecular complexity index is 384. The van der Waals surface area contributed by atoms with Crippen molar-refractivity contribution in [3.63, 3.8) is 0 Å². The Labute approximate surface area is 120 Å². The van der Waals surface area contributed by atoms with E-state index in [4.69, 9.17) is 17.4 Å². The molecule has 0 aromatic carbocycles. The highest BCUT2D eigenvalue weighted by atomic mass is 35.5. The third kappa shape index (κ3) is 3.03. The zero-order chi connectivity index (χ0) is 13.1. The largest absolute Gasteiger partial charge is 0.320 e. The first-order chi connectivity index (χ1) is 8.69. The molecule has 2 N–H and O–H groups in total. The average Bonchev–Trinajstić information content (AvgIpc) is 3.05. The molecule has 2 aliphatic rings. The SMILES string of the molecule is C#CC1CCC(C#N)N1C(=O)[C@H](N)C1CCCC1.Cl. The number of hydrogen-bond acceptors (Lipinski definition) is 3. The fourth-order valence-corrected chi connectivity index (χ4v) is 3.10. The van der Waals surface area contributed by atoms with Crippen LogP contribution in [0.1, 0.15) is 38.5 Å². The highest BCUT2D eigenvalue weighted by Gasteiger charge is 2.40. The summed E-state index contributed by atoms with van der Waals surface area (Å²) in [7, 11) is 0. The molecule has 3 atom stereocenters. The second-order valence-electron chi connectivity index (χ2n) is 5.22. The molecule has 0 aromatic heterocycles. The van der Waals surface area contributed by atoms with Gasteiger partial charge in [0.15, 0.2) is 0 Å². The summed E-state index contributed by atoms with van der Waals surface area (Å²) in [5.74, 6) is 2.73. The Morgan fingerprint density at radius 2 is 1.84 bits per heavy atom. The van der Waals surface area contributed by atoms with Gasteiger partial charge in [-0.15, -0.1) is 18.8 Å². The molecule has 2 rings (SSSR count). The molecule has 1 saturated heterocycles. The first-order valence-corrected chi connectivity index (χ1v) is 6.62. The monoisotopic (exact) mass is 281 g/mol. The summed E-state index contributed by atoms with van der Waals surface area (Å²) in [6, 6.07) is 1.02. The molecule has 0 spiro atoms. The van der Waals surface area contributed by atoms with Crippen molar-refractivity contribution in [2.24, 2.45) is 11.7 Å². The maximum atomic E-state index is 12.4. The summed E-state index contributed by atoms with van der Waals surface area (Å²) in [4.78, 5) is 14.0. The van der Waals surface area contributed by atoms with Crippen LogP contribution in [0.25, 0.3) is 0 Å². The van der Waals surface area contributed by atoms with E-state index in [1.165, 1.54) is 0 Å². The number of rotatable bonds is 2. The van der Waals surface area contributed by atoms with Crippen molar-refractivity contribution >= 4 is 18.3 Å². The lowest BCUT2D eigenvalue weighted by atomic mass is 9.97. The van der Waals surface area contributed by atoms with Crippen LogP contribution in [-0.2, 0) is 4.79 Å². The zero-order valence-corrected chi connectivity index (χ0v) is 11.7. The molecular weight excluding hydrogens is 262 g/mol. The van der Waals surface area contributed by atoms with Crippen LogP contribution in [0.3, 0.4) is 0 Å².